The maximum Gasteiger partial charge on any atom is 0.416 e. The molecule has 0 bridgehead atoms. The molecule has 1 N–H and O–H groups in total. The van der Waals surface area contributed by atoms with Gasteiger partial charge in [-0.2, -0.15) is 18.7 Å². The molecule has 0 radical (unpaired) electrons. The Labute approximate surface area is 176 Å². The molecule has 10 heteroatoms. The van der Waals surface area contributed by atoms with Gasteiger partial charge in [0, 0.05) is 11.1 Å². The molecule has 0 aliphatic carbocycles. The van der Waals surface area contributed by atoms with Gasteiger partial charge in [-0.1, -0.05) is 23.4 Å². The van der Waals surface area contributed by atoms with E-state index >= 15 is 0 Å². The molecule has 31 heavy (non-hydrogen) atoms. The van der Waals surface area contributed by atoms with Crippen molar-refractivity contribution >= 4 is 11.7 Å². The van der Waals surface area contributed by atoms with Gasteiger partial charge in [0.25, 0.3) is 0 Å². The first kappa shape index (κ1) is 24.3. The highest BCUT2D eigenvalue weighted by molar-refractivity contribution is 5.98. The van der Waals surface area contributed by atoms with Gasteiger partial charge in [0.2, 0.25) is 0 Å². The number of ether oxygens (including phenoxy) is 1. The largest absolute Gasteiger partial charge is 0.468 e. The number of esters is 1. The van der Waals surface area contributed by atoms with Gasteiger partial charge in [0.15, 0.2) is 6.04 Å². The Bertz CT molecular complexity index is 961. The van der Waals surface area contributed by atoms with Crippen molar-refractivity contribution in [3.05, 3.63) is 70.0 Å². The summed E-state index contributed by atoms with van der Waals surface area (Å²) in [4.78, 5) is 22.3. The van der Waals surface area contributed by atoms with Crippen LogP contribution in [0.15, 0.2) is 41.6 Å². The van der Waals surface area contributed by atoms with Crippen LogP contribution in [0.3, 0.4) is 0 Å². The zero-order valence-corrected chi connectivity index (χ0v) is 17.3. The van der Waals surface area contributed by atoms with Crippen molar-refractivity contribution in [1.82, 2.24) is 5.48 Å². The Hall–Kier alpha value is -2.98. The van der Waals surface area contributed by atoms with Crippen molar-refractivity contribution in [3.8, 4) is 0 Å². The fraction of sp³-hybridized carbons (Fsp3) is 0.333. The molecule has 0 fully saturated rings. The smallest absolute Gasteiger partial charge is 0.416 e. The first-order valence-corrected chi connectivity index (χ1v) is 9.08. The van der Waals surface area contributed by atoms with Crippen molar-refractivity contribution in [3.63, 3.8) is 0 Å². The lowest BCUT2D eigenvalue weighted by Crippen LogP contribution is -2.30. The van der Waals surface area contributed by atoms with Gasteiger partial charge in [-0.15, -0.1) is 0 Å². The predicted molar refractivity (Wildman–Crippen MR) is 104 cm³/mol. The Kier molecular flexibility index (Phi) is 8.12. The molecular weight excluding hydrogens is 420 g/mol. The number of nitrogens with one attached hydrogen (secondary N) is 1. The summed E-state index contributed by atoms with van der Waals surface area (Å²) >= 11 is 0. The predicted octanol–water partition coefficient (Wildman–Crippen LogP) is 4.46. The van der Waals surface area contributed by atoms with Crippen LogP contribution in [0.25, 0.3) is 0 Å². The minimum atomic E-state index is -4.61. The van der Waals surface area contributed by atoms with Gasteiger partial charge in [-0.25, -0.2) is 9.18 Å². The minimum absolute atomic E-state index is 0.0710. The summed E-state index contributed by atoms with van der Waals surface area (Å²) in [7, 11) is 2.58. The molecule has 168 valence electrons. The van der Waals surface area contributed by atoms with E-state index in [1.165, 1.54) is 21.1 Å². The van der Waals surface area contributed by atoms with Gasteiger partial charge >= 0.3 is 12.1 Å². The SMILES string of the molecule is CONC(C(=O)OC)c1cccc(C)c1CO/N=C(\C)c1cc(C(F)(F)F)ccc1F. The molecule has 0 saturated heterocycles. The first-order chi connectivity index (χ1) is 14.6. The highest BCUT2D eigenvalue weighted by Gasteiger charge is 2.31. The van der Waals surface area contributed by atoms with Crippen molar-refractivity contribution < 1.29 is 36.8 Å². The van der Waals surface area contributed by atoms with E-state index in [1.807, 2.05) is 0 Å². The standard InChI is InChI=1S/C21H22F4N2O4/c1-12-6-5-7-15(19(27-30-4)20(28)29-3)17(12)11-31-26-13(2)16-10-14(21(23,24)25)8-9-18(16)22/h5-10,19,27H,11H2,1-4H3/b26-13+. The van der Waals surface area contributed by atoms with E-state index in [-0.39, 0.29) is 17.9 Å². The molecule has 2 aromatic carbocycles. The van der Waals surface area contributed by atoms with Crippen LogP contribution in [0.2, 0.25) is 0 Å². The number of hydrogen-bond donors (Lipinski definition) is 1. The van der Waals surface area contributed by atoms with Crippen molar-refractivity contribution in [2.24, 2.45) is 5.16 Å². The third-order valence-corrected chi connectivity index (χ3v) is 4.52. The van der Waals surface area contributed by atoms with Gasteiger partial charge in [-0.05, 0) is 43.2 Å². The summed E-state index contributed by atoms with van der Waals surface area (Å²) in [6.45, 7) is 2.99. The summed E-state index contributed by atoms with van der Waals surface area (Å²) in [6.07, 6.45) is -4.61. The van der Waals surface area contributed by atoms with Gasteiger partial charge in [-0.3, -0.25) is 0 Å². The summed E-state index contributed by atoms with van der Waals surface area (Å²) in [5.74, 6) is -1.45. The normalized spacial score (nSPS) is 13.1. The molecule has 2 aromatic rings. The molecule has 0 heterocycles. The summed E-state index contributed by atoms with van der Waals surface area (Å²) in [6, 6.07) is 6.30. The molecule has 1 atom stereocenters. The maximum absolute atomic E-state index is 14.0. The highest BCUT2D eigenvalue weighted by Crippen LogP contribution is 2.30. The van der Waals surface area contributed by atoms with Crippen molar-refractivity contribution in [1.29, 1.82) is 0 Å². The van der Waals surface area contributed by atoms with Crippen LogP contribution in [0.5, 0.6) is 0 Å². The van der Waals surface area contributed by atoms with Gasteiger partial charge in [0.05, 0.1) is 25.5 Å². The molecule has 2 rings (SSSR count). The Balaban J connectivity index is 2.30. The van der Waals surface area contributed by atoms with E-state index in [9.17, 15) is 22.4 Å². The van der Waals surface area contributed by atoms with Crippen molar-refractivity contribution in [2.75, 3.05) is 14.2 Å². The summed E-state index contributed by atoms with van der Waals surface area (Å²) in [5, 5.41) is 3.77. The molecule has 0 saturated carbocycles. The van der Waals surface area contributed by atoms with Crippen molar-refractivity contribution in [2.45, 2.75) is 32.7 Å². The monoisotopic (exact) mass is 442 g/mol. The summed E-state index contributed by atoms with van der Waals surface area (Å²) < 4.78 is 57.5. The van der Waals surface area contributed by atoms with Crippen LogP contribution >= 0.6 is 0 Å². The van der Waals surface area contributed by atoms with Crippen LogP contribution in [-0.2, 0) is 32.0 Å². The second kappa shape index (κ2) is 10.4. The first-order valence-electron chi connectivity index (χ1n) is 9.08. The number of carbonyl (C=O) groups excluding carboxylic acids is 1. The maximum atomic E-state index is 14.0. The highest BCUT2D eigenvalue weighted by atomic mass is 19.4. The third-order valence-electron chi connectivity index (χ3n) is 4.52. The van der Waals surface area contributed by atoms with Crippen LogP contribution in [0, 0.1) is 12.7 Å². The zero-order valence-electron chi connectivity index (χ0n) is 17.3. The number of aryl methyl sites for hydroxylation is 1. The van der Waals surface area contributed by atoms with E-state index in [0.717, 1.165) is 11.6 Å². The Morgan fingerprint density at radius 1 is 1.19 bits per heavy atom. The molecule has 1 unspecified atom stereocenters. The van der Waals surface area contributed by atoms with E-state index < -0.39 is 29.6 Å². The van der Waals surface area contributed by atoms with Gasteiger partial charge in [0.1, 0.15) is 12.4 Å². The third kappa shape index (κ3) is 6.02. The van der Waals surface area contributed by atoms with Crippen LogP contribution in [-0.4, -0.2) is 25.9 Å². The summed E-state index contributed by atoms with van der Waals surface area (Å²) in [5.41, 5.74) is 3.02. The fourth-order valence-corrected chi connectivity index (χ4v) is 2.89. The molecule has 0 spiro atoms. The van der Waals surface area contributed by atoms with Crippen LogP contribution in [0.4, 0.5) is 17.6 Å². The zero-order chi connectivity index (χ0) is 23.2. The van der Waals surface area contributed by atoms with E-state index in [1.54, 1.807) is 25.1 Å². The number of hydroxylamine groups is 1. The number of rotatable bonds is 8. The quantitative estimate of drug-likeness (QED) is 0.283. The Morgan fingerprint density at radius 3 is 2.52 bits per heavy atom. The second-order valence-electron chi connectivity index (χ2n) is 6.56. The number of oxime groups is 1. The number of halogens is 4. The molecule has 0 aromatic heterocycles. The van der Waals surface area contributed by atoms with Crippen LogP contribution < -0.4 is 5.48 Å². The lowest BCUT2D eigenvalue weighted by molar-refractivity contribution is -0.147. The molecule has 0 aliphatic heterocycles. The topological polar surface area (TPSA) is 69.2 Å². The number of carbonyl (C=O) groups is 1. The molecule has 0 amide bonds. The van der Waals surface area contributed by atoms with E-state index in [0.29, 0.717) is 23.3 Å². The lowest BCUT2D eigenvalue weighted by Gasteiger charge is -2.19. The number of alkyl halides is 3. The lowest BCUT2D eigenvalue weighted by atomic mass is 9.97. The van der Waals surface area contributed by atoms with E-state index in [2.05, 4.69) is 10.6 Å². The average molecular weight is 442 g/mol. The molecule has 6 nitrogen and oxygen atoms in total. The number of hydrogen-bond acceptors (Lipinski definition) is 6. The number of methoxy groups -OCH3 is 1. The average Bonchev–Trinajstić information content (AvgIpc) is 2.72. The second-order valence-corrected chi connectivity index (χ2v) is 6.56. The molecular formula is C21H22F4N2O4. The number of benzene rings is 2. The van der Waals surface area contributed by atoms with E-state index in [4.69, 9.17) is 14.4 Å². The molecule has 0 aliphatic rings. The fourth-order valence-electron chi connectivity index (χ4n) is 2.89. The van der Waals surface area contributed by atoms with Crippen LogP contribution in [0.1, 0.15) is 40.8 Å². The minimum Gasteiger partial charge on any atom is -0.468 e. The Morgan fingerprint density at radius 2 is 1.90 bits per heavy atom. The van der Waals surface area contributed by atoms with Gasteiger partial charge < -0.3 is 14.4 Å². The number of nitrogens with zero attached hydrogens (tertiary/aromatic N) is 1.